The Kier molecular flexibility index (Phi) is 5.88. The summed E-state index contributed by atoms with van der Waals surface area (Å²) in [7, 11) is 1.84. The molecule has 0 spiro atoms. The normalized spacial score (nSPS) is 11.8. The number of amides is 1. The van der Waals surface area contributed by atoms with Crippen LogP contribution in [0, 0.1) is 13.8 Å². The quantitative estimate of drug-likeness (QED) is 0.803. The summed E-state index contributed by atoms with van der Waals surface area (Å²) in [5.74, 6) is -0.365. The van der Waals surface area contributed by atoms with Crippen LogP contribution < -0.4 is 10.6 Å². The molecule has 0 aliphatic carbocycles. The zero-order valence-corrected chi connectivity index (χ0v) is 14.6. The van der Waals surface area contributed by atoms with Gasteiger partial charge in [-0.3, -0.25) is 9.59 Å². The van der Waals surface area contributed by atoms with E-state index in [4.69, 9.17) is 0 Å². The van der Waals surface area contributed by atoms with Gasteiger partial charge in [-0.2, -0.15) is 0 Å². The molecule has 2 N–H and O–H groups in total. The second-order valence-electron chi connectivity index (χ2n) is 6.07. The average Bonchev–Trinajstić information content (AvgIpc) is 2.61. The van der Waals surface area contributed by atoms with Gasteiger partial charge in [-0.15, -0.1) is 0 Å². The van der Waals surface area contributed by atoms with Gasteiger partial charge in [0, 0.05) is 23.7 Å². The lowest BCUT2D eigenvalue weighted by atomic mass is 9.95. The van der Waals surface area contributed by atoms with Crippen molar-refractivity contribution in [3.63, 3.8) is 0 Å². The highest BCUT2D eigenvalue weighted by Crippen LogP contribution is 2.17. The zero-order valence-electron chi connectivity index (χ0n) is 14.6. The largest absolute Gasteiger partial charge is 0.350 e. The number of benzene rings is 2. The Balaban J connectivity index is 2.29. The molecule has 4 heteroatoms. The van der Waals surface area contributed by atoms with Gasteiger partial charge in [0.15, 0.2) is 5.78 Å². The highest BCUT2D eigenvalue weighted by atomic mass is 16.2. The monoisotopic (exact) mass is 324 g/mol. The van der Waals surface area contributed by atoms with Crippen molar-refractivity contribution in [1.82, 2.24) is 10.6 Å². The maximum Gasteiger partial charge on any atom is 0.252 e. The van der Waals surface area contributed by atoms with Crippen LogP contribution >= 0.6 is 0 Å². The van der Waals surface area contributed by atoms with Crippen molar-refractivity contribution in [3.05, 3.63) is 70.3 Å². The van der Waals surface area contributed by atoms with E-state index in [0.717, 1.165) is 11.1 Å². The first-order valence-corrected chi connectivity index (χ1v) is 8.10. The van der Waals surface area contributed by atoms with Crippen molar-refractivity contribution in [2.45, 2.75) is 26.8 Å². The van der Waals surface area contributed by atoms with Crippen LogP contribution in [0.1, 0.15) is 44.3 Å². The maximum atomic E-state index is 12.8. The molecule has 1 amide bonds. The van der Waals surface area contributed by atoms with Crippen LogP contribution in [0.3, 0.4) is 0 Å². The Bertz CT molecular complexity index is 753. The second-order valence-corrected chi connectivity index (χ2v) is 6.07. The van der Waals surface area contributed by atoms with E-state index in [2.05, 4.69) is 10.6 Å². The molecule has 2 aromatic rings. The first kappa shape index (κ1) is 17.9. The number of hydrogen-bond donors (Lipinski definition) is 2. The summed E-state index contributed by atoms with van der Waals surface area (Å²) in [4.78, 5) is 25.3. The van der Waals surface area contributed by atoms with E-state index in [9.17, 15) is 9.59 Å². The fourth-order valence-corrected chi connectivity index (χ4v) is 2.36. The summed E-state index contributed by atoms with van der Waals surface area (Å²) in [6.45, 7) is 6.46. The summed E-state index contributed by atoms with van der Waals surface area (Å²) < 4.78 is 0. The third-order valence-corrected chi connectivity index (χ3v) is 4.25. The highest BCUT2D eigenvalue weighted by Gasteiger charge is 2.18. The van der Waals surface area contributed by atoms with E-state index >= 15 is 0 Å². The number of hydrogen-bond acceptors (Lipinski definition) is 3. The Morgan fingerprint density at radius 1 is 1.00 bits per heavy atom. The van der Waals surface area contributed by atoms with Gasteiger partial charge < -0.3 is 10.6 Å². The molecule has 4 nitrogen and oxygen atoms in total. The van der Waals surface area contributed by atoms with Crippen LogP contribution in [0.4, 0.5) is 0 Å². The molecule has 2 aromatic carbocycles. The van der Waals surface area contributed by atoms with E-state index in [1.807, 2.05) is 46.0 Å². The lowest BCUT2D eigenvalue weighted by Gasteiger charge is -2.13. The van der Waals surface area contributed by atoms with Crippen LogP contribution in [-0.2, 0) is 0 Å². The fourth-order valence-electron chi connectivity index (χ4n) is 2.36. The molecule has 0 heterocycles. The molecular weight excluding hydrogens is 300 g/mol. The summed E-state index contributed by atoms with van der Waals surface area (Å²) in [6.07, 6.45) is 0. The lowest BCUT2D eigenvalue weighted by molar-refractivity contribution is 0.0939. The van der Waals surface area contributed by atoms with Gasteiger partial charge in [0.2, 0.25) is 0 Å². The minimum Gasteiger partial charge on any atom is -0.350 e. The average molecular weight is 324 g/mol. The van der Waals surface area contributed by atoms with Crippen molar-refractivity contribution in [3.8, 4) is 0 Å². The van der Waals surface area contributed by atoms with Crippen LogP contribution in [-0.4, -0.2) is 31.3 Å². The van der Waals surface area contributed by atoms with Gasteiger partial charge in [0.05, 0.1) is 5.56 Å². The molecule has 0 aromatic heterocycles. The van der Waals surface area contributed by atoms with Crippen LogP contribution in [0.15, 0.2) is 42.5 Å². The molecule has 0 saturated carbocycles. The molecule has 0 bridgehead atoms. The zero-order chi connectivity index (χ0) is 17.7. The van der Waals surface area contributed by atoms with E-state index in [1.165, 1.54) is 0 Å². The van der Waals surface area contributed by atoms with Crippen molar-refractivity contribution >= 4 is 11.7 Å². The Morgan fingerprint density at radius 2 is 1.67 bits per heavy atom. The summed E-state index contributed by atoms with van der Waals surface area (Å²) in [6, 6.07) is 12.7. The van der Waals surface area contributed by atoms with E-state index < -0.39 is 0 Å². The van der Waals surface area contributed by atoms with Crippen molar-refractivity contribution in [1.29, 1.82) is 0 Å². The molecule has 0 saturated heterocycles. The van der Waals surface area contributed by atoms with E-state index in [1.54, 1.807) is 24.3 Å². The smallest absolute Gasteiger partial charge is 0.252 e. The molecule has 0 aliphatic rings. The number of likely N-dealkylation sites (N-methyl/N-ethyl adjacent to an activating group) is 1. The number of aryl methyl sites for hydroxylation is 2. The maximum absolute atomic E-state index is 12.8. The van der Waals surface area contributed by atoms with Gasteiger partial charge in [-0.25, -0.2) is 0 Å². The number of ketones is 1. The minimum absolute atomic E-state index is 0.134. The van der Waals surface area contributed by atoms with E-state index in [-0.39, 0.29) is 17.7 Å². The van der Waals surface area contributed by atoms with Gasteiger partial charge in [0.1, 0.15) is 0 Å². The first-order chi connectivity index (χ1) is 11.4. The van der Waals surface area contributed by atoms with Crippen molar-refractivity contribution in [2.24, 2.45) is 0 Å². The van der Waals surface area contributed by atoms with Gasteiger partial charge in [-0.1, -0.05) is 30.3 Å². The Labute approximate surface area is 143 Å². The van der Waals surface area contributed by atoms with Crippen LogP contribution in [0.5, 0.6) is 0 Å². The second kappa shape index (κ2) is 7.88. The lowest BCUT2D eigenvalue weighted by Crippen LogP contribution is -2.37. The molecule has 0 aliphatic heterocycles. The standard InChI is InChI=1S/C20H24N2O2/c1-13-9-10-16(11-14(13)2)19(23)17-7-5-6-8-18(17)20(24)22-12-15(3)21-4/h5-11,15,21H,12H2,1-4H3,(H,22,24). The Hall–Kier alpha value is -2.46. The first-order valence-electron chi connectivity index (χ1n) is 8.10. The third kappa shape index (κ3) is 4.09. The predicted molar refractivity (Wildman–Crippen MR) is 96.6 cm³/mol. The molecule has 24 heavy (non-hydrogen) atoms. The molecule has 2 rings (SSSR count). The third-order valence-electron chi connectivity index (χ3n) is 4.25. The summed E-state index contributed by atoms with van der Waals surface area (Å²) >= 11 is 0. The fraction of sp³-hybridized carbons (Fsp3) is 0.300. The minimum atomic E-state index is -0.232. The van der Waals surface area contributed by atoms with Gasteiger partial charge in [-0.05, 0) is 51.1 Å². The summed E-state index contributed by atoms with van der Waals surface area (Å²) in [5, 5.41) is 5.93. The number of nitrogens with one attached hydrogen (secondary N) is 2. The molecule has 1 atom stereocenters. The molecule has 126 valence electrons. The number of rotatable bonds is 6. The van der Waals surface area contributed by atoms with Crippen molar-refractivity contribution < 1.29 is 9.59 Å². The van der Waals surface area contributed by atoms with Gasteiger partial charge >= 0.3 is 0 Å². The highest BCUT2D eigenvalue weighted by molar-refractivity contribution is 6.15. The topological polar surface area (TPSA) is 58.2 Å². The molecule has 0 radical (unpaired) electrons. The van der Waals surface area contributed by atoms with Crippen molar-refractivity contribution in [2.75, 3.05) is 13.6 Å². The Morgan fingerprint density at radius 3 is 2.29 bits per heavy atom. The molecule has 1 unspecified atom stereocenters. The van der Waals surface area contributed by atoms with Crippen LogP contribution in [0.2, 0.25) is 0 Å². The number of carbonyl (C=O) groups excluding carboxylic acids is 2. The number of carbonyl (C=O) groups is 2. The summed E-state index contributed by atoms with van der Waals surface area (Å²) in [5.41, 5.74) is 3.63. The van der Waals surface area contributed by atoms with Gasteiger partial charge in [0.25, 0.3) is 5.91 Å². The van der Waals surface area contributed by atoms with Crippen LogP contribution in [0.25, 0.3) is 0 Å². The molecule has 0 fully saturated rings. The molecular formula is C20H24N2O2. The van der Waals surface area contributed by atoms with E-state index in [0.29, 0.717) is 23.2 Å². The SMILES string of the molecule is CNC(C)CNC(=O)c1ccccc1C(=O)c1ccc(C)c(C)c1. The predicted octanol–water partition coefficient (Wildman–Crippen LogP) is 2.87.